The van der Waals surface area contributed by atoms with Gasteiger partial charge in [0.1, 0.15) is 0 Å². The number of hydrogen-bond donors (Lipinski definition) is 2. The highest BCUT2D eigenvalue weighted by molar-refractivity contribution is 5.72. The van der Waals surface area contributed by atoms with E-state index in [1.165, 1.54) is 7.11 Å². The molecule has 0 aromatic heterocycles. The number of nitrogens with one attached hydrogen (secondary N) is 1. The first-order valence-electron chi connectivity index (χ1n) is 5.40. The molecule has 0 rings (SSSR count). The van der Waals surface area contributed by atoms with Crippen molar-refractivity contribution in [1.82, 2.24) is 5.32 Å². The molecule has 0 heterocycles. The summed E-state index contributed by atoms with van der Waals surface area (Å²) in [6.07, 6.45) is 0.353. The number of rotatable bonds is 6. The van der Waals surface area contributed by atoms with Crippen molar-refractivity contribution >= 4 is 5.97 Å². The second-order valence-electron chi connectivity index (χ2n) is 4.25. The molecule has 0 bridgehead atoms. The van der Waals surface area contributed by atoms with Crippen molar-refractivity contribution in [3.8, 4) is 0 Å². The second-order valence-corrected chi connectivity index (χ2v) is 4.25. The predicted octanol–water partition coefficient (Wildman–Crippen LogP) is 0.933. The minimum absolute atomic E-state index is 0.0474. The van der Waals surface area contributed by atoms with Crippen LogP contribution in [-0.2, 0) is 9.53 Å². The third kappa shape index (κ3) is 5.74. The summed E-state index contributed by atoms with van der Waals surface area (Å²) in [4.78, 5) is 11.2. The molecule has 4 unspecified atom stereocenters. The Hall–Kier alpha value is -0.610. The fourth-order valence-electron chi connectivity index (χ4n) is 1.56. The number of carbonyl (C=O) groups excluding carboxylic acids is 1. The van der Waals surface area contributed by atoms with Gasteiger partial charge in [0.2, 0.25) is 0 Å². The van der Waals surface area contributed by atoms with Gasteiger partial charge in [-0.1, -0.05) is 6.92 Å². The van der Waals surface area contributed by atoms with E-state index in [-0.39, 0.29) is 30.1 Å². The van der Waals surface area contributed by atoms with Crippen molar-refractivity contribution in [1.29, 1.82) is 0 Å². The summed E-state index contributed by atoms with van der Waals surface area (Å²) in [5.41, 5.74) is 0. The first-order valence-corrected chi connectivity index (χ1v) is 5.40. The Morgan fingerprint density at radius 1 is 1.33 bits per heavy atom. The summed E-state index contributed by atoms with van der Waals surface area (Å²) >= 11 is 0. The lowest BCUT2D eigenvalue weighted by Crippen LogP contribution is -2.42. The quantitative estimate of drug-likeness (QED) is 0.650. The molecule has 0 saturated heterocycles. The molecule has 0 saturated carbocycles. The molecule has 4 nitrogen and oxygen atoms in total. The van der Waals surface area contributed by atoms with Crippen LogP contribution in [0.1, 0.15) is 34.1 Å². The van der Waals surface area contributed by atoms with Gasteiger partial charge in [0, 0.05) is 12.1 Å². The number of aliphatic hydroxyl groups is 1. The van der Waals surface area contributed by atoms with Crippen molar-refractivity contribution in [3.63, 3.8) is 0 Å². The number of methoxy groups -OCH3 is 1. The Labute approximate surface area is 92.0 Å². The smallest absolute Gasteiger partial charge is 0.309 e. The first kappa shape index (κ1) is 14.4. The number of hydrogen-bond acceptors (Lipinski definition) is 4. The summed E-state index contributed by atoms with van der Waals surface area (Å²) in [5, 5.41) is 12.5. The van der Waals surface area contributed by atoms with Crippen molar-refractivity contribution in [2.24, 2.45) is 5.92 Å². The van der Waals surface area contributed by atoms with Gasteiger partial charge in [-0.15, -0.1) is 0 Å². The third-order valence-electron chi connectivity index (χ3n) is 2.57. The van der Waals surface area contributed by atoms with E-state index in [1.807, 2.05) is 20.8 Å². The van der Waals surface area contributed by atoms with Crippen LogP contribution in [0, 0.1) is 5.92 Å². The Kier molecular flexibility index (Phi) is 6.52. The summed E-state index contributed by atoms with van der Waals surface area (Å²) in [6.45, 7) is 7.53. The molecule has 0 aliphatic carbocycles. The molecule has 0 aliphatic rings. The maximum Gasteiger partial charge on any atom is 0.309 e. The van der Waals surface area contributed by atoms with Crippen LogP contribution in [0.25, 0.3) is 0 Å². The number of aliphatic hydroxyl groups excluding tert-OH is 1. The summed E-state index contributed by atoms with van der Waals surface area (Å²) in [5.74, 6) is -0.384. The summed E-state index contributed by atoms with van der Waals surface area (Å²) < 4.78 is 4.67. The van der Waals surface area contributed by atoms with Gasteiger partial charge in [-0.05, 0) is 27.2 Å². The average molecular weight is 217 g/mol. The van der Waals surface area contributed by atoms with Gasteiger partial charge >= 0.3 is 5.97 Å². The fourth-order valence-corrected chi connectivity index (χ4v) is 1.56. The zero-order valence-electron chi connectivity index (χ0n) is 10.3. The zero-order chi connectivity index (χ0) is 12.0. The van der Waals surface area contributed by atoms with Gasteiger partial charge in [0.25, 0.3) is 0 Å². The molecule has 4 atom stereocenters. The maximum absolute atomic E-state index is 11.2. The van der Waals surface area contributed by atoms with Crippen LogP contribution >= 0.6 is 0 Å². The molecule has 0 fully saturated rings. The largest absolute Gasteiger partial charge is 0.469 e. The number of esters is 1. The highest BCUT2D eigenvalue weighted by Gasteiger charge is 2.22. The zero-order valence-corrected chi connectivity index (χ0v) is 10.3. The molecule has 0 aromatic carbocycles. The van der Waals surface area contributed by atoms with Crippen LogP contribution in [0.15, 0.2) is 0 Å². The molecule has 0 radical (unpaired) electrons. The Bertz CT molecular complexity index is 194. The van der Waals surface area contributed by atoms with E-state index in [0.29, 0.717) is 6.42 Å². The van der Waals surface area contributed by atoms with E-state index in [0.717, 1.165) is 0 Å². The minimum Gasteiger partial charge on any atom is -0.469 e. The van der Waals surface area contributed by atoms with Gasteiger partial charge in [-0.25, -0.2) is 0 Å². The van der Waals surface area contributed by atoms with Crippen LogP contribution in [0.2, 0.25) is 0 Å². The van der Waals surface area contributed by atoms with E-state index in [9.17, 15) is 9.90 Å². The molecule has 90 valence electrons. The molecule has 15 heavy (non-hydrogen) atoms. The topological polar surface area (TPSA) is 58.6 Å². The lowest BCUT2D eigenvalue weighted by molar-refractivity contribution is -0.145. The van der Waals surface area contributed by atoms with E-state index in [2.05, 4.69) is 10.1 Å². The highest BCUT2D eigenvalue weighted by Crippen LogP contribution is 2.07. The molecular weight excluding hydrogens is 194 g/mol. The average Bonchev–Trinajstić information content (AvgIpc) is 2.13. The van der Waals surface area contributed by atoms with Crippen LogP contribution in [-0.4, -0.2) is 36.4 Å². The van der Waals surface area contributed by atoms with Crippen LogP contribution in [0.4, 0.5) is 0 Å². The Morgan fingerprint density at radius 2 is 1.87 bits per heavy atom. The standard InChI is InChI=1S/C11H23NO3/c1-7(6-8(2)13)12-10(4)9(3)11(14)15-5/h7-10,12-13H,6H2,1-5H3. The molecule has 0 spiro atoms. The lowest BCUT2D eigenvalue weighted by atomic mass is 10.0. The minimum atomic E-state index is -0.326. The van der Waals surface area contributed by atoms with Gasteiger partial charge in [0.05, 0.1) is 19.1 Å². The first-order chi connectivity index (χ1) is 6.88. The number of ether oxygens (including phenoxy) is 1. The van der Waals surface area contributed by atoms with Crippen LogP contribution < -0.4 is 5.32 Å². The Morgan fingerprint density at radius 3 is 2.27 bits per heavy atom. The molecule has 0 amide bonds. The van der Waals surface area contributed by atoms with Crippen LogP contribution in [0.3, 0.4) is 0 Å². The van der Waals surface area contributed by atoms with Gasteiger partial charge in [-0.3, -0.25) is 4.79 Å². The molecule has 2 N–H and O–H groups in total. The molecular formula is C11H23NO3. The Balaban J connectivity index is 4.00. The molecule has 4 heteroatoms. The van der Waals surface area contributed by atoms with Gasteiger partial charge < -0.3 is 15.2 Å². The third-order valence-corrected chi connectivity index (χ3v) is 2.57. The summed E-state index contributed by atoms with van der Waals surface area (Å²) in [7, 11) is 1.39. The molecule has 0 aliphatic heterocycles. The fraction of sp³-hybridized carbons (Fsp3) is 0.909. The van der Waals surface area contributed by atoms with E-state index in [1.54, 1.807) is 6.92 Å². The number of carbonyl (C=O) groups is 1. The van der Waals surface area contributed by atoms with Crippen molar-refractivity contribution in [2.45, 2.75) is 52.3 Å². The van der Waals surface area contributed by atoms with Gasteiger partial charge in [-0.2, -0.15) is 0 Å². The maximum atomic E-state index is 11.2. The lowest BCUT2D eigenvalue weighted by Gasteiger charge is -2.24. The molecule has 0 aromatic rings. The van der Waals surface area contributed by atoms with Crippen molar-refractivity contribution < 1.29 is 14.6 Å². The summed E-state index contributed by atoms with van der Waals surface area (Å²) in [6, 6.07) is 0.235. The second kappa shape index (κ2) is 6.80. The van der Waals surface area contributed by atoms with Crippen LogP contribution in [0.5, 0.6) is 0 Å². The van der Waals surface area contributed by atoms with E-state index < -0.39 is 0 Å². The normalized spacial score (nSPS) is 19.1. The predicted molar refractivity (Wildman–Crippen MR) is 59.5 cm³/mol. The highest BCUT2D eigenvalue weighted by atomic mass is 16.5. The van der Waals surface area contributed by atoms with E-state index in [4.69, 9.17) is 0 Å². The SMILES string of the molecule is COC(=O)C(C)C(C)NC(C)CC(C)O. The monoisotopic (exact) mass is 217 g/mol. The van der Waals surface area contributed by atoms with E-state index >= 15 is 0 Å². The van der Waals surface area contributed by atoms with Crippen molar-refractivity contribution in [3.05, 3.63) is 0 Å². The van der Waals surface area contributed by atoms with Gasteiger partial charge in [0.15, 0.2) is 0 Å². The van der Waals surface area contributed by atoms with Crippen molar-refractivity contribution in [2.75, 3.05) is 7.11 Å².